The van der Waals surface area contributed by atoms with Gasteiger partial charge in [-0.05, 0) is 60.0 Å². The van der Waals surface area contributed by atoms with Crippen LogP contribution in [0.4, 0.5) is 20.6 Å². The van der Waals surface area contributed by atoms with Crippen LogP contribution in [-0.4, -0.2) is 42.6 Å². The molecule has 3 aromatic rings. The molecule has 0 radical (unpaired) electrons. The van der Waals surface area contributed by atoms with E-state index in [9.17, 15) is 18.8 Å². The average molecular weight is 540 g/mol. The van der Waals surface area contributed by atoms with Crippen LogP contribution in [0.5, 0.6) is 0 Å². The number of nitrogens with one attached hydrogen (secondary N) is 2. The van der Waals surface area contributed by atoms with Crippen molar-refractivity contribution < 1.29 is 23.5 Å². The first kappa shape index (κ1) is 26.7. The summed E-state index contributed by atoms with van der Waals surface area (Å²) in [4.78, 5) is 37.6. The molecule has 1 fully saturated rings. The summed E-state index contributed by atoms with van der Waals surface area (Å²) in [5.74, 6) is -1.90. The summed E-state index contributed by atoms with van der Waals surface area (Å²) in [7, 11) is 0. The van der Waals surface area contributed by atoms with Crippen LogP contribution in [0.25, 0.3) is 0 Å². The molecule has 4 rings (SSSR count). The highest BCUT2D eigenvalue weighted by Gasteiger charge is 2.28. The summed E-state index contributed by atoms with van der Waals surface area (Å²) in [5, 5.41) is 8.92. The number of hydrazine groups is 1. The van der Waals surface area contributed by atoms with Crippen molar-refractivity contribution >= 4 is 40.9 Å². The van der Waals surface area contributed by atoms with Crippen molar-refractivity contribution in [3.63, 3.8) is 0 Å². The molecule has 1 saturated heterocycles. The summed E-state index contributed by atoms with van der Waals surface area (Å²) in [6.45, 7) is 0.908. The van der Waals surface area contributed by atoms with E-state index in [0.29, 0.717) is 41.5 Å². The van der Waals surface area contributed by atoms with Crippen LogP contribution >= 0.6 is 11.6 Å². The molecule has 3 amide bonds. The third-order valence-corrected chi connectivity index (χ3v) is 6.16. The van der Waals surface area contributed by atoms with Gasteiger partial charge in [-0.25, -0.2) is 14.0 Å². The normalized spacial score (nSPS) is 12.8. The highest BCUT2D eigenvalue weighted by Crippen LogP contribution is 2.25. The molecule has 0 unspecified atom stereocenters. The first-order valence-electron chi connectivity index (χ1n) is 12.0. The minimum absolute atomic E-state index is 0.0416. The predicted molar refractivity (Wildman–Crippen MR) is 142 cm³/mol. The number of anilines is 2. The van der Waals surface area contributed by atoms with Crippen LogP contribution in [-0.2, 0) is 22.7 Å². The van der Waals surface area contributed by atoms with E-state index in [0.717, 1.165) is 11.6 Å². The molecule has 1 heterocycles. The van der Waals surface area contributed by atoms with E-state index < -0.39 is 17.8 Å². The van der Waals surface area contributed by atoms with Gasteiger partial charge in [0.05, 0.1) is 11.3 Å². The molecule has 4 N–H and O–H groups in total. The van der Waals surface area contributed by atoms with E-state index in [1.54, 1.807) is 53.5 Å². The van der Waals surface area contributed by atoms with E-state index in [-0.39, 0.29) is 31.2 Å². The zero-order chi connectivity index (χ0) is 27.1. The van der Waals surface area contributed by atoms with Crippen molar-refractivity contribution in [2.45, 2.75) is 19.6 Å². The van der Waals surface area contributed by atoms with E-state index in [1.165, 1.54) is 17.1 Å². The molecule has 11 heteroatoms. The van der Waals surface area contributed by atoms with Crippen molar-refractivity contribution in [1.29, 1.82) is 0 Å². The number of benzene rings is 3. The number of esters is 1. The van der Waals surface area contributed by atoms with Gasteiger partial charge in [-0.3, -0.25) is 14.8 Å². The van der Waals surface area contributed by atoms with Gasteiger partial charge in [0.15, 0.2) is 0 Å². The maximum absolute atomic E-state index is 14.5. The maximum Gasteiger partial charge on any atom is 0.341 e. The lowest BCUT2D eigenvalue weighted by Crippen LogP contribution is -2.48. The Kier molecular flexibility index (Phi) is 8.65. The number of nitrogen functional groups attached to an aromatic ring is 1. The lowest BCUT2D eigenvalue weighted by molar-refractivity contribution is -0.129. The summed E-state index contributed by atoms with van der Waals surface area (Å²) in [6.07, 6.45) is 0.669. The number of amides is 3. The van der Waals surface area contributed by atoms with E-state index in [4.69, 9.17) is 22.1 Å². The van der Waals surface area contributed by atoms with Gasteiger partial charge < -0.3 is 21.1 Å². The summed E-state index contributed by atoms with van der Waals surface area (Å²) >= 11 is 5.86. The highest BCUT2D eigenvalue weighted by molar-refractivity contribution is 6.30. The van der Waals surface area contributed by atoms with Crippen LogP contribution in [0.1, 0.15) is 27.9 Å². The topological polar surface area (TPSA) is 117 Å². The molecular weight excluding hydrogens is 513 g/mol. The maximum atomic E-state index is 14.5. The van der Waals surface area contributed by atoms with Gasteiger partial charge in [0.1, 0.15) is 19.0 Å². The summed E-state index contributed by atoms with van der Waals surface area (Å²) < 4.78 is 19.8. The number of rotatable bonds is 8. The van der Waals surface area contributed by atoms with Gasteiger partial charge in [0.2, 0.25) is 0 Å². The Balaban J connectivity index is 1.33. The Hall–Kier alpha value is -4.31. The highest BCUT2D eigenvalue weighted by atomic mass is 35.5. The number of carbonyl (C=O) groups is 3. The van der Waals surface area contributed by atoms with E-state index in [2.05, 4.69) is 10.6 Å². The zero-order valence-electron chi connectivity index (χ0n) is 20.5. The lowest BCUT2D eigenvalue weighted by atomic mass is 10.2. The number of hydrogen-bond acceptors (Lipinski definition) is 6. The molecule has 1 aliphatic rings. The smallest absolute Gasteiger partial charge is 0.341 e. The number of urea groups is 1. The van der Waals surface area contributed by atoms with Crippen molar-refractivity contribution in [2.24, 2.45) is 0 Å². The fraction of sp³-hybridized carbons (Fsp3) is 0.222. The molecule has 0 saturated carbocycles. The molecule has 0 bridgehead atoms. The van der Waals surface area contributed by atoms with Gasteiger partial charge >= 0.3 is 12.0 Å². The molecule has 1 aliphatic heterocycles. The Morgan fingerprint density at radius 1 is 0.947 bits per heavy atom. The molecule has 0 spiro atoms. The molecule has 0 aliphatic carbocycles. The number of ether oxygens (including phenoxy) is 1. The Labute approximate surface area is 224 Å². The number of halogens is 2. The van der Waals surface area contributed by atoms with Crippen LogP contribution < -0.4 is 21.4 Å². The van der Waals surface area contributed by atoms with Gasteiger partial charge in [0.25, 0.3) is 5.91 Å². The SMILES string of the molecule is Nc1ccc(CNC(=O)NCC(=O)N2CCCN2c2ccc(F)c(C(=O)OCc3ccc(Cl)cc3)c2)cc1. The van der Waals surface area contributed by atoms with E-state index >= 15 is 0 Å². The molecular formula is C27H27ClFN5O4. The van der Waals surface area contributed by atoms with Crippen LogP contribution in [0, 0.1) is 5.82 Å². The Morgan fingerprint density at radius 2 is 1.66 bits per heavy atom. The molecule has 0 aromatic heterocycles. The average Bonchev–Trinajstić information content (AvgIpc) is 3.41. The predicted octanol–water partition coefficient (Wildman–Crippen LogP) is 3.87. The van der Waals surface area contributed by atoms with Gasteiger partial charge in [-0.1, -0.05) is 35.9 Å². The van der Waals surface area contributed by atoms with Crippen molar-refractivity contribution in [3.05, 3.63) is 94.3 Å². The number of nitrogens with two attached hydrogens (primary N) is 1. The lowest BCUT2D eigenvalue weighted by Gasteiger charge is -2.30. The van der Waals surface area contributed by atoms with Gasteiger partial charge in [-0.2, -0.15) is 0 Å². The second kappa shape index (κ2) is 12.3. The van der Waals surface area contributed by atoms with Crippen molar-refractivity contribution in [1.82, 2.24) is 15.6 Å². The minimum atomic E-state index is -0.823. The number of hydrogen-bond donors (Lipinski definition) is 3. The van der Waals surface area contributed by atoms with Gasteiger partial charge in [-0.15, -0.1) is 0 Å². The van der Waals surface area contributed by atoms with Crippen LogP contribution in [0.2, 0.25) is 5.02 Å². The number of carbonyl (C=O) groups excluding carboxylic acids is 3. The standard InChI is InChI=1S/C27H27ClFN5O4/c28-20-6-2-19(3-7-20)17-38-26(36)23-14-22(10-11-24(23)29)33-12-1-13-34(33)25(35)16-32-27(37)31-15-18-4-8-21(30)9-5-18/h2-11,14H,1,12-13,15-17,30H2,(H2,31,32,37). The Bertz CT molecular complexity index is 1300. The first-order valence-corrected chi connectivity index (χ1v) is 12.3. The van der Waals surface area contributed by atoms with E-state index in [1.807, 2.05) is 0 Å². The Morgan fingerprint density at radius 3 is 2.39 bits per heavy atom. The number of nitrogens with zero attached hydrogens (tertiary/aromatic N) is 2. The zero-order valence-corrected chi connectivity index (χ0v) is 21.2. The quantitative estimate of drug-likeness (QED) is 0.295. The minimum Gasteiger partial charge on any atom is -0.457 e. The van der Waals surface area contributed by atoms with Crippen LogP contribution in [0.15, 0.2) is 66.7 Å². The summed E-state index contributed by atoms with van der Waals surface area (Å²) in [6, 6.07) is 17.4. The van der Waals surface area contributed by atoms with Crippen LogP contribution in [0.3, 0.4) is 0 Å². The molecule has 0 atom stereocenters. The summed E-state index contributed by atoms with van der Waals surface area (Å²) in [5.41, 5.74) is 8.08. The van der Waals surface area contributed by atoms with Crippen molar-refractivity contribution in [3.8, 4) is 0 Å². The fourth-order valence-electron chi connectivity index (χ4n) is 3.90. The van der Waals surface area contributed by atoms with Gasteiger partial charge in [0, 0.05) is 30.3 Å². The molecule has 198 valence electrons. The molecule has 9 nitrogen and oxygen atoms in total. The molecule has 3 aromatic carbocycles. The largest absolute Gasteiger partial charge is 0.457 e. The van der Waals surface area contributed by atoms with Crippen molar-refractivity contribution in [2.75, 3.05) is 30.4 Å². The third kappa shape index (κ3) is 6.92. The fourth-order valence-corrected chi connectivity index (χ4v) is 4.03. The monoisotopic (exact) mass is 539 g/mol. The third-order valence-electron chi connectivity index (χ3n) is 5.90. The molecule has 38 heavy (non-hydrogen) atoms. The first-order chi connectivity index (χ1) is 18.3. The second-order valence-corrected chi connectivity index (χ2v) is 9.07. The second-order valence-electron chi connectivity index (χ2n) is 8.64.